The maximum absolute atomic E-state index is 13.3. The Labute approximate surface area is 183 Å². The highest BCUT2D eigenvalue weighted by atomic mass is 16.6. The van der Waals surface area contributed by atoms with Gasteiger partial charge in [0.2, 0.25) is 0 Å². The summed E-state index contributed by atoms with van der Waals surface area (Å²) in [5, 5.41) is 14.0. The van der Waals surface area contributed by atoms with Crippen molar-refractivity contribution in [1.82, 2.24) is 9.88 Å². The molecule has 9 nitrogen and oxygen atoms in total. The lowest BCUT2D eigenvalue weighted by Gasteiger charge is -2.15. The van der Waals surface area contributed by atoms with Crippen LogP contribution in [0.5, 0.6) is 5.75 Å². The molecule has 2 amide bonds. The first-order valence-corrected chi connectivity index (χ1v) is 9.64. The Morgan fingerprint density at radius 3 is 2.44 bits per heavy atom. The molecule has 0 aliphatic carbocycles. The van der Waals surface area contributed by atoms with Crippen LogP contribution < -0.4 is 10.1 Å². The van der Waals surface area contributed by atoms with E-state index in [1.165, 1.54) is 31.4 Å². The summed E-state index contributed by atoms with van der Waals surface area (Å²) in [6.07, 6.45) is 3.18. The molecule has 3 aromatic rings. The van der Waals surface area contributed by atoms with E-state index in [2.05, 4.69) is 10.3 Å². The van der Waals surface area contributed by atoms with E-state index in [-0.39, 0.29) is 23.5 Å². The molecule has 160 valence electrons. The van der Waals surface area contributed by atoms with Gasteiger partial charge in [-0.3, -0.25) is 29.6 Å². The maximum Gasteiger partial charge on any atom is 0.278 e. The normalized spacial score (nSPS) is 13.5. The van der Waals surface area contributed by atoms with Crippen LogP contribution in [-0.2, 0) is 16.1 Å². The number of aromatic nitrogens is 1. The minimum Gasteiger partial charge on any atom is -0.495 e. The largest absolute Gasteiger partial charge is 0.495 e. The highest BCUT2D eigenvalue weighted by molar-refractivity contribution is 6.36. The highest BCUT2D eigenvalue weighted by Crippen LogP contribution is 2.34. The predicted octanol–water partition coefficient (Wildman–Crippen LogP) is 3.39. The van der Waals surface area contributed by atoms with Gasteiger partial charge in [0.1, 0.15) is 11.4 Å². The molecule has 0 spiro atoms. The minimum atomic E-state index is -0.525. The molecule has 0 saturated heterocycles. The van der Waals surface area contributed by atoms with Crippen molar-refractivity contribution in [2.24, 2.45) is 0 Å². The number of nitro groups is 1. The summed E-state index contributed by atoms with van der Waals surface area (Å²) in [5.41, 5.74) is 1.67. The zero-order chi connectivity index (χ0) is 22.7. The Kier molecular flexibility index (Phi) is 5.63. The van der Waals surface area contributed by atoms with Gasteiger partial charge in [0.25, 0.3) is 17.5 Å². The van der Waals surface area contributed by atoms with Crippen LogP contribution in [-0.4, -0.2) is 33.7 Å². The number of non-ortho nitro benzene ring substituents is 1. The zero-order valence-electron chi connectivity index (χ0n) is 17.0. The van der Waals surface area contributed by atoms with Gasteiger partial charge in [0.05, 0.1) is 29.8 Å². The molecule has 32 heavy (non-hydrogen) atoms. The van der Waals surface area contributed by atoms with Gasteiger partial charge < -0.3 is 10.1 Å². The number of ether oxygens (including phenoxy) is 1. The Morgan fingerprint density at radius 2 is 1.78 bits per heavy atom. The van der Waals surface area contributed by atoms with Crippen LogP contribution in [0.3, 0.4) is 0 Å². The molecule has 0 bridgehead atoms. The molecule has 0 radical (unpaired) electrons. The molecule has 2 heterocycles. The first-order valence-electron chi connectivity index (χ1n) is 9.64. The molecular formula is C23H18N4O5. The average molecular weight is 430 g/mol. The van der Waals surface area contributed by atoms with Crippen molar-refractivity contribution in [2.75, 3.05) is 12.4 Å². The summed E-state index contributed by atoms with van der Waals surface area (Å²) >= 11 is 0. The van der Waals surface area contributed by atoms with Crippen LogP contribution in [0.15, 0.2) is 78.8 Å². The van der Waals surface area contributed by atoms with Crippen molar-refractivity contribution < 1.29 is 19.2 Å². The van der Waals surface area contributed by atoms with Gasteiger partial charge in [-0.25, -0.2) is 0 Å². The van der Waals surface area contributed by atoms with Crippen LogP contribution in [0.25, 0.3) is 5.57 Å². The number of methoxy groups -OCH3 is 1. The lowest BCUT2D eigenvalue weighted by molar-refractivity contribution is -0.384. The third-order valence-electron chi connectivity index (χ3n) is 4.96. The smallest absolute Gasteiger partial charge is 0.278 e. The number of anilines is 1. The third kappa shape index (κ3) is 3.91. The van der Waals surface area contributed by atoms with Gasteiger partial charge >= 0.3 is 0 Å². The zero-order valence-corrected chi connectivity index (χ0v) is 17.0. The Hall–Kier alpha value is -4.53. The highest BCUT2D eigenvalue weighted by Gasteiger charge is 2.39. The molecule has 1 aromatic heterocycles. The monoisotopic (exact) mass is 430 g/mol. The number of carbonyl (C=O) groups is 2. The number of rotatable bonds is 7. The lowest BCUT2D eigenvalue weighted by atomic mass is 10.0. The number of hydrogen-bond acceptors (Lipinski definition) is 7. The minimum absolute atomic E-state index is 0.0408. The molecule has 2 aromatic carbocycles. The summed E-state index contributed by atoms with van der Waals surface area (Å²) in [5.74, 6) is -0.530. The number of benzene rings is 2. The van der Waals surface area contributed by atoms with Gasteiger partial charge in [0.15, 0.2) is 0 Å². The molecule has 9 heteroatoms. The summed E-state index contributed by atoms with van der Waals surface area (Å²) < 4.78 is 5.35. The van der Waals surface area contributed by atoms with E-state index in [0.29, 0.717) is 22.6 Å². The van der Waals surface area contributed by atoms with Gasteiger partial charge in [-0.1, -0.05) is 18.2 Å². The topological polar surface area (TPSA) is 115 Å². The van der Waals surface area contributed by atoms with E-state index in [1.54, 1.807) is 48.8 Å². The SMILES string of the molecule is COc1ccccc1NC1=C(c2ccc([N+](=O)[O-])cc2)C(=O)N(Cc2cccnc2)C1=O. The first-order chi connectivity index (χ1) is 15.5. The molecule has 1 N–H and O–H groups in total. The number of imide groups is 1. The number of nitro benzene ring substituents is 1. The third-order valence-corrected chi connectivity index (χ3v) is 4.96. The van der Waals surface area contributed by atoms with Crippen molar-refractivity contribution in [2.45, 2.75) is 6.54 Å². The lowest BCUT2D eigenvalue weighted by Crippen LogP contribution is -2.32. The van der Waals surface area contributed by atoms with E-state index in [1.807, 2.05) is 0 Å². The van der Waals surface area contributed by atoms with Crippen LogP contribution in [0.2, 0.25) is 0 Å². The molecule has 0 atom stereocenters. The molecule has 0 fully saturated rings. The molecule has 1 aliphatic heterocycles. The van der Waals surface area contributed by atoms with Crippen molar-refractivity contribution >= 4 is 28.8 Å². The number of hydrogen-bond donors (Lipinski definition) is 1. The summed E-state index contributed by atoms with van der Waals surface area (Å²) in [4.78, 5) is 42.3. The van der Waals surface area contributed by atoms with Crippen LogP contribution in [0.4, 0.5) is 11.4 Å². The van der Waals surface area contributed by atoms with Gasteiger partial charge in [-0.2, -0.15) is 0 Å². The molecular weight excluding hydrogens is 412 g/mol. The van der Waals surface area contributed by atoms with Crippen LogP contribution in [0, 0.1) is 10.1 Å². The van der Waals surface area contributed by atoms with Crippen LogP contribution in [0.1, 0.15) is 11.1 Å². The fourth-order valence-electron chi connectivity index (χ4n) is 3.41. The molecule has 0 unspecified atom stereocenters. The summed E-state index contributed by atoms with van der Waals surface area (Å²) in [6, 6.07) is 16.0. The van der Waals surface area contributed by atoms with Gasteiger partial charge in [-0.05, 0) is 41.5 Å². The molecule has 0 saturated carbocycles. The van der Waals surface area contributed by atoms with Crippen molar-refractivity contribution in [3.8, 4) is 5.75 Å². The summed E-state index contributed by atoms with van der Waals surface area (Å²) in [7, 11) is 1.50. The number of nitrogens with zero attached hydrogens (tertiary/aromatic N) is 3. The van der Waals surface area contributed by atoms with E-state index < -0.39 is 16.7 Å². The van der Waals surface area contributed by atoms with Crippen molar-refractivity contribution in [1.29, 1.82) is 0 Å². The first kappa shape index (κ1) is 20.7. The fraction of sp³-hybridized carbons (Fsp3) is 0.0870. The number of pyridine rings is 1. The van der Waals surface area contributed by atoms with Gasteiger partial charge in [0, 0.05) is 24.5 Å². The fourth-order valence-corrected chi connectivity index (χ4v) is 3.41. The second-order valence-electron chi connectivity index (χ2n) is 6.94. The number of carbonyl (C=O) groups excluding carboxylic acids is 2. The second kappa shape index (κ2) is 8.68. The van der Waals surface area contributed by atoms with Gasteiger partial charge in [-0.15, -0.1) is 0 Å². The quantitative estimate of drug-likeness (QED) is 0.347. The summed E-state index contributed by atoms with van der Waals surface area (Å²) in [6.45, 7) is 0.0408. The number of para-hydroxylation sites is 2. The van der Waals surface area contributed by atoms with E-state index in [9.17, 15) is 19.7 Å². The maximum atomic E-state index is 13.3. The Morgan fingerprint density at radius 1 is 1.03 bits per heavy atom. The number of nitrogens with one attached hydrogen (secondary N) is 1. The van der Waals surface area contributed by atoms with Crippen LogP contribution >= 0.6 is 0 Å². The second-order valence-corrected chi connectivity index (χ2v) is 6.94. The Bertz CT molecular complexity index is 1220. The van der Waals surface area contributed by atoms with E-state index in [0.717, 1.165) is 4.90 Å². The molecule has 1 aliphatic rings. The number of amides is 2. The predicted molar refractivity (Wildman–Crippen MR) is 116 cm³/mol. The molecule has 4 rings (SSSR count). The van der Waals surface area contributed by atoms with E-state index in [4.69, 9.17) is 4.74 Å². The standard InChI is InChI=1S/C23H18N4O5/c1-32-19-7-3-2-6-18(19)25-21-20(16-8-10-17(11-9-16)27(30)31)22(28)26(23(21)29)14-15-5-4-12-24-13-15/h2-13,25H,14H2,1H3. The van der Waals surface area contributed by atoms with Crippen molar-refractivity contribution in [3.63, 3.8) is 0 Å². The van der Waals surface area contributed by atoms with E-state index >= 15 is 0 Å². The van der Waals surface area contributed by atoms with Crippen molar-refractivity contribution in [3.05, 3.63) is 100.0 Å². The average Bonchev–Trinajstić information content (AvgIpc) is 3.04. The Balaban J connectivity index is 1.77.